The maximum absolute atomic E-state index is 13.0. The summed E-state index contributed by atoms with van der Waals surface area (Å²) in [5.74, 6) is 0.345. The topological polar surface area (TPSA) is 107 Å². The van der Waals surface area contributed by atoms with Crippen molar-refractivity contribution < 1.29 is 9.59 Å². The van der Waals surface area contributed by atoms with Gasteiger partial charge in [0.2, 0.25) is 5.91 Å². The van der Waals surface area contributed by atoms with Gasteiger partial charge < -0.3 is 25.8 Å². The molecule has 1 aliphatic carbocycles. The van der Waals surface area contributed by atoms with Gasteiger partial charge in [0.1, 0.15) is 10.2 Å². The Bertz CT molecular complexity index is 1180. The van der Waals surface area contributed by atoms with Crippen molar-refractivity contribution in [2.24, 2.45) is 11.7 Å². The number of halogens is 1. The third-order valence-corrected chi connectivity index (χ3v) is 7.60. The number of carbonyl (C=O) groups excluding carboxylic acids is 2. The lowest BCUT2D eigenvalue weighted by molar-refractivity contribution is -0.123. The van der Waals surface area contributed by atoms with Crippen molar-refractivity contribution in [1.82, 2.24) is 9.97 Å². The van der Waals surface area contributed by atoms with Gasteiger partial charge >= 0.3 is 0 Å². The lowest BCUT2D eigenvalue weighted by atomic mass is 9.88. The number of benzene rings is 1. The fraction of sp³-hybridized carbons (Fsp3) is 0.435. The molecule has 2 aromatic heterocycles. The quantitative estimate of drug-likeness (QED) is 0.470. The number of aromatic nitrogens is 2. The Kier molecular flexibility index (Phi) is 6.92. The molecule has 176 valence electrons. The number of rotatable bonds is 6. The Morgan fingerprint density at radius 1 is 1.24 bits per heavy atom. The van der Waals surface area contributed by atoms with Gasteiger partial charge in [-0.3, -0.25) is 9.59 Å². The first kappa shape index (κ1) is 23.5. The number of thiazole rings is 1. The van der Waals surface area contributed by atoms with Crippen LogP contribution in [0.4, 0.5) is 16.6 Å². The first-order chi connectivity index (χ1) is 15.8. The first-order valence-corrected chi connectivity index (χ1v) is 12.3. The molecular weight excluding hydrogens is 460 g/mol. The number of fused-ring (bicyclic) bond motifs is 1. The number of amides is 2. The SMILES string of the molecule is CN(C)c1nc(C(=O)Nc2[nH]c3cc(N(C)C(=O)C4CCCCC4)ccc3c2CN)c(Cl)s1. The van der Waals surface area contributed by atoms with E-state index in [4.69, 9.17) is 17.3 Å². The summed E-state index contributed by atoms with van der Waals surface area (Å²) in [4.78, 5) is 36.9. The van der Waals surface area contributed by atoms with Crippen LogP contribution in [0.1, 0.15) is 48.2 Å². The molecule has 0 bridgehead atoms. The van der Waals surface area contributed by atoms with Crippen LogP contribution in [0.15, 0.2) is 18.2 Å². The largest absolute Gasteiger partial charge is 0.354 e. The van der Waals surface area contributed by atoms with Crippen LogP contribution in [0, 0.1) is 5.92 Å². The van der Waals surface area contributed by atoms with E-state index in [1.807, 2.05) is 39.3 Å². The molecule has 0 saturated heterocycles. The zero-order valence-electron chi connectivity index (χ0n) is 19.1. The molecule has 4 rings (SSSR count). The number of nitrogens with two attached hydrogens (primary N) is 1. The summed E-state index contributed by atoms with van der Waals surface area (Å²) in [5, 5.41) is 4.42. The van der Waals surface area contributed by atoms with Crippen LogP contribution in [-0.2, 0) is 11.3 Å². The third-order valence-electron chi connectivity index (χ3n) is 6.18. The van der Waals surface area contributed by atoms with Crippen LogP contribution < -0.4 is 20.9 Å². The molecule has 1 aliphatic rings. The molecule has 2 amide bonds. The van der Waals surface area contributed by atoms with Gasteiger partial charge in [0.05, 0.1) is 0 Å². The van der Waals surface area contributed by atoms with Crippen molar-refractivity contribution in [1.29, 1.82) is 0 Å². The molecule has 0 radical (unpaired) electrons. The molecule has 8 nitrogen and oxygen atoms in total. The highest BCUT2D eigenvalue weighted by atomic mass is 35.5. The Labute approximate surface area is 202 Å². The number of hydrogen-bond donors (Lipinski definition) is 3. The van der Waals surface area contributed by atoms with Crippen LogP contribution in [0.5, 0.6) is 0 Å². The Balaban J connectivity index is 1.59. The zero-order valence-corrected chi connectivity index (χ0v) is 20.6. The molecule has 0 unspecified atom stereocenters. The molecule has 2 heterocycles. The predicted octanol–water partition coefficient (Wildman–Crippen LogP) is 4.60. The molecule has 0 spiro atoms. The summed E-state index contributed by atoms with van der Waals surface area (Å²) >= 11 is 7.49. The van der Waals surface area contributed by atoms with Gasteiger partial charge in [-0.25, -0.2) is 4.98 Å². The highest BCUT2D eigenvalue weighted by Crippen LogP contribution is 2.33. The third kappa shape index (κ3) is 4.71. The maximum Gasteiger partial charge on any atom is 0.277 e. The van der Waals surface area contributed by atoms with Gasteiger partial charge in [-0.2, -0.15) is 0 Å². The van der Waals surface area contributed by atoms with Crippen LogP contribution in [0.2, 0.25) is 4.34 Å². The Hall–Kier alpha value is -2.62. The van der Waals surface area contributed by atoms with Crippen molar-refractivity contribution in [3.05, 3.63) is 33.8 Å². The normalized spacial score (nSPS) is 14.5. The van der Waals surface area contributed by atoms with Crippen LogP contribution in [-0.4, -0.2) is 42.9 Å². The van der Waals surface area contributed by atoms with E-state index in [1.165, 1.54) is 17.8 Å². The van der Waals surface area contributed by atoms with Crippen molar-refractivity contribution in [3.8, 4) is 0 Å². The fourth-order valence-electron chi connectivity index (χ4n) is 4.32. The second-order valence-corrected chi connectivity index (χ2v) is 10.2. The average Bonchev–Trinajstić information content (AvgIpc) is 3.37. The molecule has 1 fully saturated rings. The summed E-state index contributed by atoms with van der Waals surface area (Å²) in [7, 11) is 5.50. The number of carbonyl (C=O) groups is 2. The summed E-state index contributed by atoms with van der Waals surface area (Å²) in [6, 6.07) is 5.77. The number of hydrogen-bond acceptors (Lipinski definition) is 6. The highest BCUT2D eigenvalue weighted by molar-refractivity contribution is 7.19. The summed E-state index contributed by atoms with van der Waals surface area (Å²) in [5.41, 5.74) is 8.57. The lowest BCUT2D eigenvalue weighted by Gasteiger charge is -2.26. The molecule has 3 aromatic rings. The summed E-state index contributed by atoms with van der Waals surface area (Å²) < 4.78 is 0.326. The first-order valence-electron chi connectivity index (χ1n) is 11.1. The van der Waals surface area contributed by atoms with Crippen LogP contribution >= 0.6 is 22.9 Å². The molecule has 0 atom stereocenters. The van der Waals surface area contributed by atoms with E-state index in [0.717, 1.165) is 47.8 Å². The maximum atomic E-state index is 13.0. The average molecular weight is 489 g/mol. The van der Waals surface area contributed by atoms with Crippen molar-refractivity contribution in [2.45, 2.75) is 38.6 Å². The van der Waals surface area contributed by atoms with Gasteiger partial charge in [-0.1, -0.05) is 48.3 Å². The molecule has 10 heteroatoms. The van der Waals surface area contributed by atoms with Crippen molar-refractivity contribution >= 4 is 62.3 Å². The predicted molar refractivity (Wildman–Crippen MR) is 136 cm³/mol. The Morgan fingerprint density at radius 3 is 2.61 bits per heavy atom. The van der Waals surface area contributed by atoms with Gasteiger partial charge in [-0.05, 0) is 25.0 Å². The minimum atomic E-state index is -0.407. The molecular formula is C23H29ClN6O2S. The fourth-order valence-corrected chi connectivity index (χ4v) is 5.37. The van der Waals surface area contributed by atoms with Gasteiger partial charge in [0.15, 0.2) is 10.8 Å². The minimum Gasteiger partial charge on any atom is -0.354 e. The van der Waals surface area contributed by atoms with E-state index >= 15 is 0 Å². The minimum absolute atomic E-state index is 0.0902. The van der Waals surface area contributed by atoms with Gasteiger partial charge in [0, 0.05) is 55.8 Å². The zero-order chi connectivity index (χ0) is 23.7. The smallest absolute Gasteiger partial charge is 0.277 e. The number of H-pyrrole nitrogens is 1. The van der Waals surface area contributed by atoms with Gasteiger partial charge in [0.25, 0.3) is 5.91 Å². The van der Waals surface area contributed by atoms with E-state index in [0.29, 0.717) is 15.3 Å². The van der Waals surface area contributed by atoms with Crippen molar-refractivity contribution in [2.75, 3.05) is 36.3 Å². The number of nitrogens with zero attached hydrogens (tertiary/aromatic N) is 3. The molecule has 1 saturated carbocycles. The van der Waals surface area contributed by atoms with Gasteiger partial charge in [-0.15, -0.1) is 0 Å². The molecule has 4 N–H and O–H groups in total. The van der Waals surface area contributed by atoms with E-state index in [1.54, 1.807) is 9.80 Å². The van der Waals surface area contributed by atoms with E-state index in [-0.39, 0.29) is 24.1 Å². The number of aromatic amines is 1. The van der Waals surface area contributed by atoms with E-state index in [2.05, 4.69) is 15.3 Å². The molecule has 1 aromatic carbocycles. The highest BCUT2D eigenvalue weighted by Gasteiger charge is 2.25. The summed E-state index contributed by atoms with van der Waals surface area (Å²) in [6.07, 6.45) is 5.34. The lowest BCUT2D eigenvalue weighted by Crippen LogP contribution is -2.33. The summed E-state index contributed by atoms with van der Waals surface area (Å²) in [6.45, 7) is 0.236. The van der Waals surface area contributed by atoms with Crippen LogP contribution in [0.3, 0.4) is 0 Å². The van der Waals surface area contributed by atoms with E-state index < -0.39 is 5.91 Å². The van der Waals surface area contributed by atoms with E-state index in [9.17, 15) is 9.59 Å². The number of nitrogens with one attached hydrogen (secondary N) is 2. The molecule has 33 heavy (non-hydrogen) atoms. The van der Waals surface area contributed by atoms with Crippen LogP contribution in [0.25, 0.3) is 10.9 Å². The molecule has 0 aliphatic heterocycles. The second kappa shape index (κ2) is 9.70. The monoisotopic (exact) mass is 488 g/mol. The second-order valence-electron chi connectivity index (χ2n) is 8.61. The standard InChI is InChI=1S/C23H29ClN6O2S/c1-29(2)23-27-18(19(24)33-23)21(31)28-20-16(12-25)15-10-9-14(11-17(15)26-20)30(3)22(32)13-7-5-4-6-8-13/h9-11,13,26H,4-8,12,25H2,1-3H3,(H,28,31). The number of anilines is 3. The van der Waals surface area contributed by atoms with Crippen molar-refractivity contribution in [3.63, 3.8) is 0 Å². The Morgan fingerprint density at radius 2 is 1.97 bits per heavy atom.